The molecule has 14 heteroatoms. The summed E-state index contributed by atoms with van der Waals surface area (Å²) < 4.78 is 11.1. The van der Waals surface area contributed by atoms with Crippen LogP contribution in [-0.4, -0.2) is 137 Å². The summed E-state index contributed by atoms with van der Waals surface area (Å²) in [5.41, 5.74) is 0.443. The van der Waals surface area contributed by atoms with E-state index in [4.69, 9.17) is 9.47 Å². The molecule has 0 spiro atoms. The maximum absolute atomic E-state index is 13.6. The van der Waals surface area contributed by atoms with E-state index >= 15 is 0 Å². The Morgan fingerprint density at radius 1 is 0.958 bits per heavy atom. The highest BCUT2D eigenvalue weighted by atomic mass is 16.6. The Bertz CT molecular complexity index is 1500. The van der Waals surface area contributed by atoms with Crippen LogP contribution in [0.25, 0.3) is 10.9 Å². The number of benzene rings is 1. The number of piperidine rings is 1. The normalized spacial score (nSPS) is 20.8. The largest absolute Gasteiger partial charge is 0.483 e. The number of fused-ring (bicyclic) bond motifs is 1. The molecular weight excluding hydrogens is 620 g/mol. The molecule has 3 saturated heterocycles. The number of likely N-dealkylation sites (N-methyl/N-ethyl adjacent to an activating group) is 1. The van der Waals surface area contributed by atoms with Crippen LogP contribution >= 0.6 is 0 Å². The summed E-state index contributed by atoms with van der Waals surface area (Å²) in [7, 11) is 2.13. The average molecular weight is 667 g/mol. The minimum absolute atomic E-state index is 0.0284. The number of aromatic nitrogens is 1. The lowest BCUT2D eigenvalue weighted by atomic mass is 9.94. The Labute approximate surface area is 280 Å². The topological polar surface area (TPSA) is 162 Å². The lowest BCUT2D eigenvalue weighted by Gasteiger charge is -2.40. The van der Waals surface area contributed by atoms with Gasteiger partial charge < -0.3 is 39.5 Å². The van der Waals surface area contributed by atoms with Gasteiger partial charge in [0, 0.05) is 62.7 Å². The highest BCUT2D eigenvalue weighted by Gasteiger charge is 2.37. The number of carbonyl (C=O) groups excluding carboxylic acids is 4. The van der Waals surface area contributed by atoms with Crippen molar-refractivity contribution < 1.29 is 38.6 Å². The molecule has 4 amide bonds. The summed E-state index contributed by atoms with van der Waals surface area (Å²) in [5.74, 6) is -2.02. The third kappa shape index (κ3) is 8.33. The average Bonchev–Trinajstić information content (AvgIpc) is 3.58. The molecule has 0 saturated carbocycles. The molecule has 2 unspecified atom stereocenters. The van der Waals surface area contributed by atoms with E-state index in [9.17, 15) is 29.1 Å². The van der Waals surface area contributed by atoms with E-state index in [1.807, 2.05) is 11.0 Å². The van der Waals surface area contributed by atoms with Crippen molar-refractivity contribution in [3.8, 4) is 5.75 Å². The summed E-state index contributed by atoms with van der Waals surface area (Å²) in [6.07, 6.45) is 4.39. The van der Waals surface area contributed by atoms with Gasteiger partial charge in [-0.15, -0.1) is 0 Å². The first-order valence-corrected chi connectivity index (χ1v) is 16.9. The summed E-state index contributed by atoms with van der Waals surface area (Å²) in [6.45, 7) is 4.42. The highest BCUT2D eigenvalue weighted by Crippen LogP contribution is 2.30. The third-order valence-corrected chi connectivity index (χ3v) is 9.52. The Hall–Kier alpha value is -4.46. The molecule has 14 nitrogen and oxygen atoms in total. The number of hydrogen-bond acceptors (Lipinski definition) is 9. The second-order valence-electron chi connectivity index (χ2n) is 12.6. The first-order valence-electron chi connectivity index (χ1n) is 16.9. The van der Waals surface area contributed by atoms with Crippen molar-refractivity contribution in [2.45, 2.75) is 70.0 Å². The summed E-state index contributed by atoms with van der Waals surface area (Å²) in [6, 6.07) is 7.92. The van der Waals surface area contributed by atoms with E-state index in [1.54, 1.807) is 25.1 Å². The number of carboxylic acid groups (broad SMARTS) is 1. The van der Waals surface area contributed by atoms with Crippen LogP contribution in [-0.2, 0) is 19.1 Å². The number of carboxylic acids is 1. The zero-order valence-corrected chi connectivity index (χ0v) is 27.8. The number of nitrogens with zero attached hydrogens (tertiary/aromatic N) is 5. The van der Waals surface area contributed by atoms with E-state index in [1.165, 1.54) is 22.3 Å². The predicted molar refractivity (Wildman–Crippen MR) is 176 cm³/mol. The number of nitrogens with one attached hydrogen (secondary N) is 1. The van der Waals surface area contributed by atoms with Gasteiger partial charge in [-0.2, -0.15) is 0 Å². The summed E-state index contributed by atoms with van der Waals surface area (Å²) in [4.78, 5) is 75.9. The fourth-order valence-electron chi connectivity index (χ4n) is 6.99. The van der Waals surface area contributed by atoms with Gasteiger partial charge in [-0.05, 0) is 64.8 Å². The van der Waals surface area contributed by atoms with E-state index in [-0.39, 0.29) is 69.9 Å². The zero-order chi connectivity index (χ0) is 34.2. The van der Waals surface area contributed by atoms with Gasteiger partial charge in [-0.3, -0.25) is 19.2 Å². The lowest BCUT2D eigenvalue weighted by molar-refractivity contribution is -0.138. The number of carbonyl (C=O) groups is 5. The molecule has 3 atom stereocenters. The number of pyridine rings is 1. The van der Waals surface area contributed by atoms with Crippen LogP contribution in [0.3, 0.4) is 0 Å². The first-order chi connectivity index (χ1) is 23.2. The highest BCUT2D eigenvalue weighted by molar-refractivity contribution is 5.99. The molecule has 1 aromatic heterocycles. The molecule has 1 aromatic carbocycles. The molecular formula is C34H46N6O8. The number of likely N-dealkylation sites (tertiary alicyclic amines) is 2. The third-order valence-electron chi connectivity index (χ3n) is 9.52. The summed E-state index contributed by atoms with van der Waals surface area (Å²) >= 11 is 0. The van der Waals surface area contributed by atoms with Crippen LogP contribution in [0.1, 0.15) is 62.4 Å². The number of aliphatic carboxylic acids is 1. The van der Waals surface area contributed by atoms with Crippen molar-refractivity contribution in [3.05, 3.63) is 36.0 Å². The van der Waals surface area contributed by atoms with Crippen LogP contribution in [0.15, 0.2) is 30.3 Å². The molecule has 5 rings (SSSR count). The Morgan fingerprint density at radius 3 is 2.42 bits per heavy atom. The van der Waals surface area contributed by atoms with Crippen molar-refractivity contribution in [3.63, 3.8) is 0 Å². The minimum atomic E-state index is -1.13. The molecule has 3 fully saturated rings. The van der Waals surface area contributed by atoms with Gasteiger partial charge in [0.15, 0.2) is 6.61 Å². The fourth-order valence-corrected chi connectivity index (χ4v) is 6.99. The number of para-hydroxylation sites is 1. The molecule has 48 heavy (non-hydrogen) atoms. The Morgan fingerprint density at radius 2 is 1.69 bits per heavy atom. The lowest BCUT2D eigenvalue weighted by Crippen LogP contribution is -2.56. The van der Waals surface area contributed by atoms with Gasteiger partial charge in [0.25, 0.3) is 11.8 Å². The number of hydrogen-bond donors (Lipinski definition) is 2. The predicted octanol–water partition coefficient (Wildman–Crippen LogP) is 2.35. The van der Waals surface area contributed by atoms with Gasteiger partial charge in [0.05, 0.1) is 12.1 Å². The molecule has 0 bridgehead atoms. The molecule has 2 aromatic rings. The van der Waals surface area contributed by atoms with Crippen molar-refractivity contribution in [2.24, 2.45) is 0 Å². The van der Waals surface area contributed by atoms with E-state index in [0.717, 1.165) is 32.2 Å². The van der Waals surface area contributed by atoms with Crippen molar-refractivity contribution in [1.82, 2.24) is 29.9 Å². The SMILES string of the molecule is CCOC(=O)N1CCN(C(=O)C(CCC(=O)O)NC(=O)c2cc(OCC(=O)N3CCC[C@H]3C3CCCCN3C)c3ccccc3n2)CC1. The van der Waals surface area contributed by atoms with Gasteiger partial charge in [-0.1, -0.05) is 18.6 Å². The van der Waals surface area contributed by atoms with Crippen LogP contribution in [0.2, 0.25) is 0 Å². The minimum Gasteiger partial charge on any atom is -0.483 e. The van der Waals surface area contributed by atoms with Crippen molar-refractivity contribution in [2.75, 3.05) is 59.5 Å². The number of piperazine rings is 1. The van der Waals surface area contributed by atoms with Gasteiger partial charge in [0.2, 0.25) is 5.91 Å². The zero-order valence-electron chi connectivity index (χ0n) is 27.8. The quantitative estimate of drug-likeness (QED) is 0.364. The molecule has 2 N–H and O–H groups in total. The molecule has 260 valence electrons. The smallest absolute Gasteiger partial charge is 0.409 e. The molecule has 0 aliphatic carbocycles. The molecule has 3 aliphatic heterocycles. The van der Waals surface area contributed by atoms with Gasteiger partial charge >= 0.3 is 12.1 Å². The molecule has 0 radical (unpaired) electrons. The number of amides is 4. The standard InChI is InChI=1S/C34H46N6O8/c1-3-47-34(46)39-19-17-38(18-20-39)33(45)25(13-14-31(42)43)36-32(44)26-21-29(23-9-4-5-10-24(23)35-26)48-22-30(41)40-16-8-12-28(40)27-11-6-7-15-37(27)2/h4-5,9-10,21,25,27-28H,3,6-8,11-20,22H2,1-2H3,(H,36,44)(H,42,43)/t25?,27?,28-/m0/s1. The molecule has 3 aliphatic rings. The Balaban J connectivity index is 1.28. The van der Waals surface area contributed by atoms with Crippen molar-refractivity contribution in [1.29, 1.82) is 0 Å². The van der Waals surface area contributed by atoms with Gasteiger partial charge in [-0.25, -0.2) is 9.78 Å². The van der Waals surface area contributed by atoms with Crippen LogP contribution in [0.5, 0.6) is 5.75 Å². The fraction of sp³-hybridized carbons (Fsp3) is 0.588. The summed E-state index contributed by atoms with van der Waals surface area (Å²) in [5, 5.41) is 12.7. The van der Waals surface area contributed by atoms with E-state index < -0.39 is 29.9 Å². The Kier molecular flexibility index (Phi) is 11.7. The van der Waals surface area contributed by atoms with Gasteiger partial charge in [0.1, 0.15) is 17.5 Å². The second kappa shape index (κ2) is 16.1. The van der Waals surface area contributed by atoms with Crippen molar-refractivity contribution >= 4 is 40.7 Å². The van der Waals surface area contributed by atoms with E-state index in [0.29, 0.717) is 29.2 Å². The molecule has 4 heterocycles. The van der Waals surface area contributed by atoms with Crippen LogP contribution in [0, 0.1) is 0 Å². The second-order valence-corrected chi connectivity index (χ2v) is 12.6. The number of ether oxygens (including phenoxy) is 2. The number of rotatable bonds is 11. The van der Waals surface area contributed by atoms with Crippen LogP contribution < -0.4 is 10.1 Å². The monoisotopic (exact) mass is 666 g/mol. The maximum Gasteiger partial charge on any atom is 0.409 e. The van der Waals surface area contributed by atoms with E-state index in [2.05, 4.69) is 22.2 Å². The van der Waals surface area contributed by atoms with Crippen LogP contribution in [0.4, 0.5) is 4.79 Å². The first kappa shape index (κ1) is 34.9. The maximum atomic E-state index is 13.6.